The van der Waals surface area contributed by atoms with Crippen molar-refractivity contribution in [1.82, 2.24) is 14.5 Å². The van der Waals surface area contributed by atoms with Gasteiger partial charge in [-0.25, -0.2) is 0 Å². The Bertz CT molecular complexity index is 900. The van der Waals surface area contributed by atoms with Crippen LogP contribution in [0.1, 0.15) is 13.2 Å². The number of H-pyrrole nitrogens is 1. The molecule has 0 aliphatic carbocycles. The first-order valence-electron chi connectivity index (χ1n) is 6.99. The van der Waals surface area contributed by atoms with Crippen LogP contribution in [-0.2, 0) is 4.74 Å². The Morgan fingerprint density at radius 1 is 1.62 bits per heavy atom. The summed E-state index contributed by atoms with van der Waals surface area (Å²) in [6.45, 7) is 1.45. The number of aliphatic hydroxyl groups is 2. The van der Waals surface area contributed by atoms with Crippen LogP contribution in [0.5, 0.6) is 0 Å². The van der Waals surface area contributed by atoms with E-state index in [1.807, 2.05) is 0 Å². The Kier molecular flexibility index (Phi) is 4.23. The van der Waals surface area contributed by atoms with Gasteiger partial charge in [0.15, 0.2) is 16.7 Å². The monoisotopic (exact) mass is 372 g/mol. The SMILES string of the molecule is C[C@H](O)[C@H]1O[C@@H](n2ccc3c(=O)[nH]c(N)nc32)[C@@](Cl)(C#CCl)C1O. The molecule has 1 fully saturated rings. The number of nitrogens with zero attached hydrogens (tertiary/aromatic N) is 2. The lowest BCUT2D eigenvalue weighted by atomic mass is 9.97. The summed E-state index contributed by atoms with van der Waals surface area (Å²) in [6.07, 6.45) is -2.87. The van der Waals surface area contributed by atoms with Crippen molar-refractivity contribution in [2.45, 2.75) is 36.3 Å². The van der Waals surface area contributed by atoms with E-state index in [0.29, 0.717) is 0 Å². The van der Waals surface area contributed by atoms with Crippen LogP contribution in [0.15, 0.2) is 17.1 Å². The smallest absolute Gasteiger partial charge is 0.261 e. The Morgan fingerprint density at radius 3 is 2.96 bits per heavy atom. The molecule has 1 unspecified atom stereocenters. The largest absolute Gasteiger partial charge is 0.391 e. The first kappa shape index (κ1) is 17.1. The van der Waals surface area contributed by atoms with Crippen molar-refractivity contribution < 1.29 is 14.9 Å². The molecule has 1 aliphatic heterocycles. The lowest BCUT2D eigenvalue weighted by Gasteiger charge is -2.25. The van der Waals surface area contributed by atoms with E-state index >= 15 is 0 Å². The summed E-state index contributed by atoms with van der Waals surface area (Å²) in [5.41, 5.74) is 5.37. The number of aliphatic hydroxyl groups excluding tert-OH is 2. The second-order valence-corrected chi connectivity index (χ2v) is 6.35. The third-order valence-corrected chi connectivity index (χ3v) is 4.55. The van der Waals surface area contributed by atoms with E-state index in [4.69, 9.17) is 33.7 Å². The number of rotatable bonds is 2. The summed E-state index contributed by atoms with van der Waals surface area (Å²) < 4.78 is 7.14. The van der Waals surface area contributed by atoms with E-state index in [1.54, 1.807) is 0 Å². The zero-order valence-corrected chi connectivity index (χ0v) is 13.9. The number of alkyl halides is 1. The average Bonchev–Trinajstić information content (AvgIpc) is 3.00. The lowest BCUT2D eigenvalue weighted by molar-refractivity contribution is -0.0751. The fraction of sp³-hybridized carbons (Fsp3) is 0.429. The Balaban J connectivity index is 2.20. The van der Waals surface area contributed by atoms with Gasteiger partial charge < -0.3 is 25.3 Å². The second kappa shape index (κ2) is 5.95. The standard InChI is InChI=1S/C14H14Cl2N4O4/c1-6(21)8-9(22)14(16,3-4-15)12(24-8)20-5-2-7-10(20)18-13(17)19-11(7)23/h2,5-6,8-9,12,21-22H,1H3,(H3,17,18,19,23)/t6-,8+,9?,12+,14+/m0/s1. The normalized spacial score (nSPS) is 31.0. The maximum absolute atomic E-state index is 12.0. The van der Waals surface area contributed by atoms with Crippen LogP contribution in [0.25, 0.3) is 11.0 Å². The summed E-state index contributed by atoms with van der Waals surface area (Å²) in [6, 6.07) is 1.51. The number of aromatic amines is 1. The minimum Gasteiger partial charge on any atom is -0.391 e. The molecule has 0 amide bonds. The molecule has 10 heteroatoms. The number of aromatic nitrogens is 3. The van der Waals surface area contributed by atoms with Gasteiger partial charge in [-0.1, -0.05) is 17.5 Å². The number of halogens is 2. The van der Waals surface area contributed by atoms with Crippen molar-refractivity contribution in [3.05, 3.63) is 22.6 Å². The van der Waals surface area contributed by atoms with Gasteiger partial charge >= 0.3 is 0 Å². The molecule has 0 bridgehead atoms. The molecule has 1 saturated heterocycles. The molecule has 0 spiro atoms. The highest BCUT2D eigenvalue weighted by Crippen LogP contribution is 2.45. The molecule has 5 N–H and O–H groups in total. The molecule has 5 atom stereocenters. The molecule has 128 valence electrons. The topological polar surface area (TPSA) is 126 Å². The highest BCUT2D eigenvalue weighted by Gasteiger charge is 2.57. The molecule has 2 aromatic rings. The van der Waals surface area contributed by atoms with Gasteiger partial charge in [-0.2, -0.15) is 4.98 Å². The quantitative estimate of drug-likeness (QED) is 0.438. The fourth-order valence-corrected chi connectivity index (χ4v) is 3.34. The zero-order chi connectivity index (χ0) is 17.6. The van der Waals surface area contributed by atoms with Gasteiger partial charge in [-0.3, -0.25) is 9.78 Å². The number of nitrogens with two attached hydrogens (primary N) is 1. The molecule has 2 aromatic heterocycles. The number of anilines is 1. The van der Waals surface area contributed by atoms with Crippen molar-refractivity contribution in [2.75, 3.05) is 5.73 Å². The van der Waals surface area contributed by atoms with Crippen molar-refractivity contribution in [3.63, 3.8) is 0 Å². The van der Waals surface area contributed by atoms with E-state index in [2.05, 4.69) is 21.3 Å². The van der Waals surface area contributed by atoms with Gasteiger partial charge in [0.1, 0.15) is 12.2 Å². The minimum atomic E-state index is -1.64. The number of hydrogen-bond donors (Lipinski definition) is 4. The van der Waals surface area contributed by atoms with Crippen molar-refractivity contribution >= 4 is 40.2 Å². The van der Waals surface area contributed by atoms with E-state index in [-0.39, 0.29) is 17.0 Å². The molecule has 8 nitrogen and oxygen atoms in total. The summed E-state index contributed by atoms with van der Waals surface area (Å²) in [5, 5.41) is 22.7. The van der Waals surface area contributed by atoms with E-state index in [1.165, 1.54) is 23.8 Å². The molecule has 24 heavy (non-hydrogen) atoms. The Hall–Kier alpha value is -1.76. The third kappa shape index (κ3) is 2.46. The molecular weight excluding hydrogens is 359 g/mol. The predicted molar refractivity (Wildman–Crippen MR) is 88.6 cm³/mol. The summed E-state index contributed by atoms with van der Waals surface area (Å²) >= 11 is 12.0. The molecule has 0 aromatic carbocycles. The average molecular weight is 373 g/mol. The van der Waals surface area contributed by atoms with Crippen LogP contribution >= 0.6 is 23.2 Å². The van der Waals surface area contributed by atoms with Crippen molar-refractivity contribution in [2.24, 2.45) is 0 Å². The molecule has 0 saturated carbocycles. The highest BCUT2D eigenvalue weighted by molar-refractivity contribution is 6.32. The summed E-state index contributed by atoms with van der Waals surface area (Å²) in [4.78, 5) is 16.8. The van der Waals surface area contributed by atoms with Crippen molar-refractivity contribution in [1.29, 1.82) is 0 Å². The molecular formula is C14H14Cl2N4O4. The number of nitrogen functional groups attached to an aromatic ring is 1. The molecule has 3 heterocycles. The van der Waals surface area contributed by atoms with Gasteiger partial charge in [0.05, 0.1) is 11.5 Å². The number of hydrogen-bond acceptors (Lipinski definition) is 6. The number of nitrogens with one attached hydrogen (secondary N) is 1. The van der Waals surface area contributed by atoms with Gasteiger partial charge in [0, 0.05) is 11.6 Å². The first-order chi connectivity index (χ1) is 11.3. The highest BCUT2D eigenvalue weighted by atomic mass is 35.5. The number of ether oxygens (including phenoxy) is 1. The summed E-state index contributed by atoms with van der Waals surface area (Å²) in [5.74, 6) is 2.43. The molecule has 1 aliphatic rings. The zero-order valence-electron chi connectivity index (χ0n) is 12.4. The van der Waals surface area contributed by atoms with E-state index in [9.17, 15) is 15.0 Å². The van der Waals surface area contributed by atoms with Crippen LogP contribution in [0.2, 0.25) is 0 Å². The number of fused-ring (bicyclic) bond motifs is 1. The maximum atomic E-state index is 12.0. The summed E-state index contributed by atoms with van der Waals surface area (Å²) in [7, 11) is 0. The van der Waals surface area contributed by atoms with Gasteiger partial charge in [-0.05, 0) is 24.6 Å². The van der Waals surface area contributed by atoms with Gasteiger partial charge in [-0.15, -0.1) is 0 Å². The van der Waals surface area contributed by atoms with Gasteiger partial charge in [0.2, 0.25) is 5.95 Å². The van der Waals surface area contributed by atoms with Crippen LogP contribution in [0.4, 0.5) is 5.95 Å². The lowest BCUT2D eigenvalue weighted by Crippen LogP contribution is -2.43. The minimum absolute atomic E-state index is 0.0818. The Morgan fingerprint density at radius 2 is 2.33 bits per heavy atom. The maximum Gasteiger partial charge on any atom is 0.261 e. The predicted octanol–water partition coefficient (Wildman–Crippen LogP) is 0.123. The molecule has 3 rings (SSSR count). The van der Waals surface area contributed by atoms with Crippen LogP contribution in [-0.4, -0.2) is 47.9 Å². The Labute approximate surface area is 146 Å². The van der Waals surface area contributed by atoms with Crippen molar-refractivity contribution in [3.8, 4) is 11.3 Å². The first-order valence-corrected chi connectivity index (χ1v) is 7.75. The third-order valence-electron chi connectivity index (χ3n) is 3.95. The van der Waals surface area contributed by atoms with Gasteiger partial charge in [0.25, 0.3) is 5.56 Å². The van der Waals surface area contributed by atoms with E-state index < -0.39 is 35.0 Å². The van der Waals surface area contributed by atoms with Crippen LogP contribution in [0, 0.1) is 11.3 Å². The second-order valence-electron chi connectivity index (χ2n) is 5.54. The van der Waals surface area contributed by atoms with E-state index in [0.717, 1.165) is 0 Å². The van der Waals surface area contributed by atoms with Crippen LogP contribution in [0.3, 0.4) is 0 Å². The molecule has 0 radical (unpaired) electrons. The van der Waals surface area contributed by atoms with Crippen LogP contribution < -0.4 is 11.3 Å². The fourth-order valence-electron chi connectivity index (χ4n) is 2.81.